The number of nitrogens with zero attached hydrogens (tertiary/aromatic N) is 1. The van der Waals surface area contributed by atoms with Crippen molar-refractivity contribution in [2.75, 3.05) is 13.1 Å². The smallest absolute Gasteiger partial charge is 0.412 e. The predicted molar refractivity (Wildman–Crippen MR) is 116 cm³/mol. The van der Waals surface area contributed by atoms with Crippen LogP contribution in [0.3, 0.4) is 0 Å². The first-order valence-corrected chi connectivity index (χ1v) is 11.9. The number of hydrogen-bond acceptors (Lipinski definition) is 6. The molecule has 31 heavy (non-hydrogen) atoms. The summed E-state index contributed by atoms with van der Waals surface area (Å²) in [5.74, 6) is 0. The Hall–Kier alpha value is -1.84. The number of hydrogen-bond donors (Lipinski definition) is 4. The maximum atomic E-state index is 13.0. The molecule has 0 aliphatic rings. The lowest BCUT2D eigenvalue weighted by Gasteiger charge is -2.47. The summed E-state index contributed by atoms with van der Waals surface area (Å²) in [4.78, 5) is 57.4. The predicted octanol–water partition coefficient (Wildman–Crippen LogP) is 2.56. The Morgan fingerprint density at radius 1 is 1.06 bits per heavy atom. The first-order valence-electron chi connectivity index (χ1n) is 10.2. The zero-order chi connectivity index (χ0) is 24.7. The fraction of sp³-hybridized carbons (Fsp3) is 0.842. The summed E-state index contributed by atoms with van der Waals surface area (Å²) in [7, 11) is -4.75. The van der Waals surface area contributed by atoms with Gasteiger partial charge in [0.25, 0.3) is 0 Å². The third-order valence-corrected chi connectivity index (χ3v) is 5.90. The number of nitrogens with one attached hydrogen (secondary N) is 2. The van der Waals surface area contributed by atoms with Crippen LogP contribution in [-0.4, -0.2) is 68.9 Å². The highest BCUT2D eigenvalue weighted by molar-refractivity contribution is 7.52. The van der Waals surface area contributed by atoms with E-state index in [9.17, 15) is 28.7 Å². The average molecular weight is 468 g/mol. The van der Waals surface area contributed by atoms with Crippen LogP contribution in [0.5, 0.6) is 0 Å². The van der Waals surface area contributed by atoms with Gasteiger partial charge in [0.15, 0.2) is 0 Å². The molecule has 182 valence electrons. The van der Waals surface area contributed by atoms with Crippen LogP contribution in [0.4, 0.5) is 9.59 Å². The van der Waals surface area contributed by atoms with Crippen LogP contribution in [0.2, 0.25) is 0 Å². The second-order valence-corrected chi connectivity index (χ2v) is 10.9. The highest BCUT2D eigenvalue weighted by atomic mass is 31.2. The Morgan fingerprint density at radius 2 is 1.58 bits per heavy atom. The summed E-state index contributed by atoms with van der Waals surface area (Å²) in [5, 5.41) is 4.96. The normalized spacial score (nSPS) is 15.3. The van der Waals surface area contributed by atoms with Gasteiger partial charge in [-0.05, 0) is 54.4 Å². The summed E-state index contributed by atoms with van der Waals surface area (Å²) in [6.07, 6.45) is -1.36. The molecule has 0 saturated heterocycles. The first kappa shape index (κ1) is 29.2. The molecular formula is C19H38N3O8P. The van der Waals surface area contributed by atoms with Crippen molar-refractivity contribution in [3.63, 3.8) is 0 Å². The molecule has 0 heterocycles. The molecule has 2 unspecified atom stereocenters. The van der Waals surface area contributed by atoms with Crippen molar-refractivity contribution in [1.82, 2.24) is 15.5 Å². The highest BCUT2D eigenvalue weighted by Gasteiger charge is 2.52. The van der Waals surface area contributed by atoms with Gasteiger partial charge >= 0.3 is 19.8 Å². The zero-order valence-corrected chi connectivity index (χ0v) is 20.6. The van der Waals surface area contributed by atoms with Crippen molar-refractivity contribution in [2.45, 2.75) is 90.8 Å². The lowest BCUT2D eigenvalue weighted by molar-refractivity contribution is -0.114. The van der Waals surface area contributed by atoms with Crippen molar-refractivity contribution in [1.29, 1.82) is 0 Å². The average Bonchev–Trinajstić information content (AvgIpc) is 2.54. The minimum absolute atomic E-state index is 0.0129. The number of ether oxygens (including phenoxy) is 2. The fourth-order valence-corrected chi connectivity index (χ4v) is 4.62. The van der Waals surface area contributed by atoms with Gasteiger partial charge in [-0.25, -0.2) is 9.59 Å². The molecule has 0 aromatic rings. The van der Waals surface area contributed by atoms with E-state index in [0.29, 0.717) is 6.41 Å². The second kappa shape index (κ2) is 11.2. The van der Waals surface area contributed by atoms with Gasteiger partial charge in [0, 0.05) is 13.1 Å². The molecule has 12 heteroatoms. The highest BCUT2D eigenvalue weighted by Crippen LogP contribution is 2.50. The van der Waals surface area contributed by atoms with Crippen LogP contribution in [0.25, 0.3) is 0 Å². The van der Waals surface area contributed by atoms with E-state index in [2.05, 4.69) is 10.6 Å². The number of carbonyl (C=O) groups excluding carboxylic acids is 3. The third kappa shape index (κ3) is 9.45. The van der Waals surface area contributed by atoms with Crippen LogP contribution >= 0.6 is 7.60 Å². The van der Waals surface area contributed by atoms with Gasteiger partial charge in [-0.3, -0.25) is 14.3 Å². The van der Waals surface area contributed by atoms with Gasteiger partial charge in [-0.2, -0.15) is 0 Å². The lowest BCUT2D eigenvalue weighted by Crippen LogP contribution is -2.67. The Labute approximate surface area is 184 Å². The molecule has 0 radical (unpaired) electrons. The van der Waals surface area contributed by atoms with Gasteiger partial charge in [0.05, 0.1) is 0 Å². The molecule has 0 bridgehead atoms. The molecule has 2 atom stereocenters. The summed E-state index contributed by atoms with van der Waals surface area (Å²) in [6, 6.07) is 0. The van der Waals surface area contributed by atoms with E-state index in [0.717, 1.165) is 4.90 Å². The molecule has 3 amide bonds. The summed E-state index contributed by atoms with van der Waals surface area (Å²) < 4.78 is 22.9. The number of carbonyl (C=O) groups is 3. The number of amides is 3. The molecule has 0 rings (SSSR count). The molecule has 0 aliphatic heterocycles. The van der Waals surface area contributed by atoms with Crippen LogP contribution in [0.15, 0.2) is 0 Å². The minimum Gasteiger partial charge on any atom is -0.444 e. The number of alkyl carbamates (subject to hydrolysis) is 1. The van der Waals surface area contributed by atoms with Crippen molar-refractivity contribution in [3.8, 4) is 0 Å². The maximum absolute atomic E-state index is 13.0. The minimum atomic E-state index is -4.75. The molecule has 0 fully saturated rings. The monoisotopic (exact) mass is 467 g/mol. The van der Waals surface area contributed by atoms with Crippen LogP contribution in [0, 0.1) is 0 Å². The number of rotatable bonds is 10. The van der Waals surface area contributed by atoms with E-state index in [1.165, 1.54) is 0 Å². The van der Waals surface area contributed by atoms with Crippen LogP contribution < -0.4 is 10.6 Å². The molecule has 11 nitrogen and oxygen atoms in total. The van der Waals surface area contributed by atoms with E-state index in [4.69, 9.17) is 9.47 Å². The van der Waals surface area contributed by atoms with E-state index < -0.39 is 42.3 Å². The molecule has 0 spiro atoms. The van der Waals surface area contributed by atoms with E-state index in [1.54, 1.807) is 55.4 Å². The summed E-state index contributed by atoms with van der Waals surface area (Å²) >= 11 is 0. The summed E-state index contributed by atoms with van der Waals surface area (Å²) in [5.41, 5.74) is -4.77. The van der Waals surface area contributed by atoms with E-state index in [-0.39, 0.29) is 25.9 Å². The van der Waals surface area contributed by atoms with Crippen molar-refractivity contribution in [2.24, 2.45) is 0 Å². The Kier molecular flexibility index (Phi) is 10.5. The second-order valence-electron chi connectivity index (χ2n) is 9.11. The summed E-state index contributed by atoms with van der Waals surface area (Å²) in [6.45, 7) is 12.9. The quantitative estimate of drug-likeness (QED) is 0.217. The zero-order valence-electron chi connectivity index (χ0n) is 19.7. The van der Waals surface area contributed by atoms with E-state index >= 15 is 0 Å². The SMILES string of the molecule is CCC(C(CC)(NC=O)N(CCNC(=O)OC(C)(C)C)C(=O)OC(C)(C)C)P(=O)(O)O. The van der Waals surface area contributed by atoms with Crippen LogP contribution in [0.1, 0.15) is 68.2 Å². The van der Waals surface area contributed by atoms with Crippen molar-refractivity contribution < 1.29 is 38.2 Å². The maximum Gasteiger partial charge on any atom is 0.412 e. The fourth-order valence-electron chi connectivity index (χ4n) is 3.19. The standard InChI is InChI=1S/C19H38N3O8P/c1-9-14(31(26,27)28)19(10-2,21-13-23)22(16(25)30-18(6,7)8)12-11-20-15(24)29-17(3,4)5/h13-14H,9-12H2,1-8H3,(H,20,24)(H,21,23)(H2,26,27,28). The van der Waals surface area contributed by atoms with Crippen LogP contribution in [-0.2, 0) is 18.8 Å². The molecule has 0 aromatic carbocycles. The van der Waals surface area contributed by atoms with Gasteiger partial charge in [0.1, 0.15) is 22.5 Å². The third-order valence-electron chi connectivity index (χ3n) is 4.29. The van der Waals surface area contributed by atoms with Gasteiger partial charge < -0.3 is 29.9 Å². The van der Waals surface area contributed by atoms with Gasteiger partial charge in [-0.15, -0.1) is 0 Å². The van der Waals surface area contributed by atoms with Crippen molar-refractivity contribution >= 4 is 26.2 Å². The molecular weight excluding hydrogens is 429 g/mol. The Bertz CT molecular complexity index is 668. The molecule has 0 aliphatic carbocycles. The van der Waals surface area contributed by atoms with Gasteiger partial charge in [0.2, 0.25) is 6.41 Å². The van der Waals surface area contributed by atoms with Crippen molar-refractivity contribution in [3.05, 3.63) is 0 Å². The van der Waals surface area contributed by atoms with Gasteiger partial charge in [-0.1, -0.05) is 13.8 Å². The largest absolute Gasteiger partial charge is 0.444 e. The topological polar surface area (TPSA) is 154 Å². The molecule has 0 aromatic heterocycles. The molecule has 0 saturated carbocycles. The van der Waals surface area contributed by atoms with E-state index in [1.807, 2.05) is 0 Å². The Morgan fingerprint density at radius 3 is 1.94 bits per heavy atom. The molecule has 4 N–H and O–H groups in total. The lowest BCUT2D eigenvalue weighted by atomic mass is 9.98. The Balaban J connectivity index is 6.09. The first-order chi connectivity index (χ1) is 13.9.